The van der Waals surface area contributed by atoms with Crippen molar-refractivity contribution in [2.45, 2.75) is 59.0 Å². The van der Waals surface area contributed by atoms with Gasteiger partial charge in [-0.25, -0.2) is 4.79 Å². The fourth-order valence-corrected chi connectivity index (χ4v) is 7.49. The number of amides is 1. The summed E-state index contributed by atoms with van der Waals surface area (Å²) in [5.41, 5.74) is 14.9. The van der Waals surface area contributed by atoms with Gasteiger partial charge in [0.1, 0.15) is 0 Å². The second kappa shape index (κ2) is 12.0. The topological polar surface area (TPSA) is 119 Å². The molecule has 0 radical (unpaired) electrons. The average Bonchev–Trinajstić information content (AvgIpc) is 3.23. The smallest absolute Gasteiger partial charge is 0.329 e. The van der Waals surface area contributed by atoms with Gasteiger partial charge in [-0.15, -0.1) is 0 Å². The zero-order chi connectivity index (χ0) is 32.2. The number of rotatable bonds is 8. The molecule has 2 aromatic heterocycles. The molecule has 4 heterocycles. The number of benzene rings is 2. The lowest BCUT2D eigenvalue weighted by atomic mass is 9.86. The van der Waals surface area contributed by atoms with Crippen LogP contribution in [0.2, 0.25) is 0 Å². The van der Waals surface area contributed by atoms with Gasteiger partial charge in [0.15, 0.2) is 0 Å². The van der Waals surface area contributed by atoms with Crippen LogP contribution in [0.3, 0.4) is 0 Å². The molecule has 2 aliphatic heterocycles. The molecule has 0 spiro atoms. The summed E-state index contributed by atoms with van der Waals surface area (Å²) in [6.07, 6.45) is 2.11. The molecule has 2 fully saturated rings. The Hall–Kier alpha value is -4.15. The number of nitrogens with zero attached hydrogens (tertiary/aromatic N) is 4. The van der Waals surface area contributed by atoms with E-state index in [2.05, 4.69) is 34.8 Å². The number of hydrogen-bond acceptors (Lipinski definition) is 6. The molecular formula is C35H44N6O4. The van der Waals surface area contributed by atoms with Crippen LogP contribution in [-0.4, -0.2) is 70.9 Å². The largest absolute Gasteiger partial charge is 0.381 e. The molecule has 0 aliphatic carbocycles. The molecule has 0 saturated carbocycles. The maximum absolute atomic E-state index is 13.4. The first-order valence-corrected chi connectivity index (χ1v) is 15.9. The van der Waals surface area contributed by atoms with Crippen molar-refractivity contribution in [2.24, 2.45) is 12.8 Å². The normalized spacial score (nSPS) is 16.3. The molecule has 0 bridgehead atoms. The van der Waals surface area contributed by atoms with Gasteiger partial charge in [-0.2, -0.15) is 0 Å². The van der Waals surface area contributed by atoms with Crippen LogP contribution in [-0.2, 0) is 18.2 Å². The SMILES string of the molecule is CCN(c1c(C)c(C(N)=O)cc(-c2ccc3c(c2)n(C2CN(C)C2)c(=O)n3C)c1Cc1c(C)cc(C)[nH]c1=O)C1CCOCC1. The van der Waals surface area contributed by atoms with E-state index >= 15 is 0 Å². The van der Waals surface area contributed by atoms with Crippen LogP contribution in [0.4, 0.5) is 5.69 Å². The summed E-state index contributed by atoms with van der Waals surface area (Å²) in [5.74, 6) is -0.496. The van der Waals surface area contributed by atoms with Crippen LogP contribution in [0.25, 0.3) is 22.2 Å². The molecule has 4 aromatic rings. The highest BCUT2D eigenvalue weighted by Crippen LogP contribution is 2.41. The molecule has 1 amide bonds. The number of aromatic nitrogens is 3. The van der Waals surface area contributed by atoms with Gasteiger partial charge in [0.05, 0.1) is 17.1 Å². The number of aromatic amines is 1. The van der Waals surface area contributed by atoms with E-state index in [1.807, 2.05) is 56.7 Å². The highest BCUT2D eigenvalue weighted by molar-refractivity contribution is 5.99. The van der Waals surface area contributed by atoms with Gasteiger partial charge in [-0.1, -0.05) is 6.07 Å². The minimum atomic E-state index is -0.496. The van der Waals surface area contributed by atoms with Crippen molar-refractivity contribution in [3.63, 3.8) is 0 Å². The Morgan fingerprint density at radius 2 is 1.73 bits per heavy atom. The third kappa shape index (κ3) is 5.40. The number of H-pyrrole nitrogens is 1. The fourth-order valence-electron chi connectivity index (χ4n) is 7.49. The summed E-state index contributed by atoms with van der Waals surface area (Å²) < 4.78 is 9.31. The Bertz CT molecular complexity index is 1910. The minimum Gasteiger partial charge on any atom is -0.381 e. The Morgan fingerprint density at radius 1 is 1.02 bits per heavy atom. The van der Waals surface area contributed by atoms with E-state index in [4.69, 9.17) is 10.5 Å². The van der Waals surface area contributed by atoms with Gasteiger partial charge >= 0.3 is 5.69 Å². The number of primary amides is 1. The molecule has 2 aromatic carbocycles. The van der Waals surface area contributed by atoms with Gasteiger partial charge in [-0.3, -0.25) is 18.7 Å². The second-order valence-electron chi connectivity index (χ2n) is 12.8. The summed E-state index contributed by atoms with van der Waals surface area (Å²) in [4.78, 5) is 47.4. The van der Waals surface area contributed by atoms with E-state index in [0.717, 1.165) is 82.7 Å². The quantitative estimate of drug-likeness (QED) is 0.313. The number of carbonyl (C=O) groups excluding carboxylic acids is 1. The Morgan fingerprint density at radius 3 is 2.36 bits per heavy atom. The average molecular weight is 613 g/mol. The standard InChI is InChI=1S/C35H44N6O4/c1-7-40(24-10-12-45-13-11-24)32-22(4)27(33(36)42)17-28(29(32)16-26-20(2)14-21(3)37-34(26)43)23-8-9-30-31(15-23)41(35(44)39(30)6)25-18-38(5)19-25/h8-9,14-15,17,24-25H,7,10-13,16,18-19H2,1-6H3,(H2,36,42)(H,37,43). The highest BCUT2D eigenvalue weighted by atomic mass is 16.5. The van der Waals surface area contributed by atoms with Crippen LogP contribution < -0.4 is 21.9 Å². The number of fused-ring (bicyclic) bond motifs is 1. The number of aryl methyl sites for hydroxylation is 3. The lowest BCUT2D eigenvalue weighted by Crippen LogP contribution is -2.47. The molecule has 2 saturated heterocycles. The van der Waals surface area contributed by atoms with Crippen LogP contribution in [0, 0.1) is 20.8 Å². The number of imidazole rings is 1. The molecule has 3 N–H and O–H groups in total. The summed E-state index contributed by atoms with van der Waals surface area (Å²) in [6, 6.07) is 10.3. The lowest BCUT2D eigenvalue weighted by Gasteiger charge is -2.38. The number of nitrogens with two attached hydrogens (primary N) is 1. The predicted molar refractivity (Wildman–Crippen MR) is 179 cm³/mol. The molecule has 6 rings (SSSR count). The molecule has 0 atom stereocenters. The van der Waals surface area contributed by atoms with Gasteiger partial charge < -0.3 is 25.3 Å². The van der Waals surface area contributed by atoms with E-state index in [0.29, 0.717) is 30.8 Å². The van der Waals surface area contributed by atoms with Gasteiger partial charge in [-0.05, 0) is 99.7 Å². The number of ether oxygens (including phenoxy) is 1. The highest BCUT2D eigenvalue weighted by Gasteiger charge is 2.31. The van der Waals surface area contributed by atoms with Crippen molar-refractivity contribution >= 4 is 22.6 Å². The predicted octanol–water partition coefficient (Wildman–Crippen LogP) is 3.80. The van der Waals surface area contributed by atoms with Crippen molar-refractivity contribution in [1.82, 2.24) is 19.0 Å². The number of hydrogen-bond donors (Lipinski definition) is 2. The third-order valence-corrected chi connectivity index (χ3v) is 9.84. The Kier molecular flexibility index (Phi) is 8.22. The van der Waals surface area contributed by atoms with Gasteiger partial charge in [0, 0.05) is 74.9 Å². The lowest BCUT2D eigenvalue weighted by molar-refractivity contribution is 0.0845. The number of likely N-dealkylation sites (N-methyl/N-ethyl adjacent to an activating group) is 1. The minimum absolute atomic E-state index is 0.0404. The van der Waals surface area contributed by atoms with Crippen LogP contribution in [0.1, 0.15) is 64.1 Å². The number of pyridine rings is 1. The second-order valence-corrected chi connectivity index (χ2v) is 12.8. The number of carbonyl (C=O) groups is 1. The number of nitrogens with one attached hydrogen (secondary N) is 1. The zero-order valence-corrected chi connectivity index (χ0v) is 27.2. The van der Waals surface area contributed by atoms with E-state index in [9.17, 15) is 14.4 Å². The molecule has 10 nitrogen and oxygen atoms in total. The number of likely N-dealkylation sites (tertiary alicyclic amines) is 1. The maximum Gasteiger partial charge on any atom is 0.329 e. The summed E-state index contributed by atoms with van der Waals surface area (Å²) in [6.45, 7) is 11.6. The summed E-state index contributed by atoms with van der Waals surface area (Å²) in [7, 11) is 3.86. The molecule has 238 valence electrons. The van der Waals surface area contributed by atoms with Crippen LogP contribution in [0.5, 0.6) is 0 Å². The van der Waals surface area contributed by atoms with Gasteiger partial charge in [0.2, 0.25) is 5.91 Å². The molecular weight excluding hydrogens is 568 g/mol. The molecule has 2 aliphatic rings. The molecule has 10 heteroatoms. The van der Waals surface area contributed by atoms with Gasteiger partial charge in [0.25, 0.3) is 5.56 Å². The van der Waals surface area contributed by atoms with E-state index < -0.39 is 5.91 Å². The third-order valence-electron chi connectivity index (χ3n) is 9.84. The van der Waals surface area contributed by atoms with Crippen molar-refractivity contribution in [1.29, 1.82) is 0 Å². The summed E-state index contributed by atoms with van der Waals surface area (Å²) >= 11 is 0. The van der Waals surface area contributed by atoms with Crippen molar-refractivity contribution in [3.8, 4) is 11.1 Å². The van der Waals surface area contributed by atoms with Crippen molar-refractivity contribution in [3.05, 3.63) is 84.7 Å². The summed E-state index contributed by atoms with van der Waals surface area (Å²) in [5, 5.41) is 0. The van der Waals surface area contributed by atoms with E-state index in [1.54, 1.807) is 4.57 Å². The van der Waals surface area contributed by atoms with Crippen LogP contribution >= 0.6 is 0 Å². The Labute approximate surface area is 263 Å². The first-order chi connectivity index (χ1) is 21.5. The van der Waals surface area contributed by atoms with E-state index in [-0.39, 0.29) is 23.3 Å². The first-order valence-electron chi connectivity index (χ1n) is 15.9. The molecule has 0 unspecified atom stereocenters. The Balaban J connectivity index is 1.65. The molecule has 45 heavy (non-hydrogen) atoms. The monoisotopic (exact) mass is 612 g/mol. The zero-order valence-electron chi connectivity index (χ0n) is 27.2. The van der Waals surface area contributed by atoms with E-state index in [1.165, 1.54) is 0 Å². The number of anilines is 1. The van der Waals surface area contributed by atoms with Crippen molar-refractivity contribution < 1.29 is 9.53 Å². The maximum atomic E-state index is 13.4. The van der Waals surface area contributed by atoms with Crippen LogP contribution in [0.15, 0.2) is 39.9 Å². The fraction of sp³-hybridized carbons (Fsp3) is 0.457. The first kappa shape index (κ1) is 30.9. The van der Waals surface area contributed by atoms with Crippen molar-refractivity contribution in [2.75, 3.05) is 44.8 Å².